The van der Waals surface area contributed by atoms with E-state index in [-0.39, 0.29) is 22.7 Å². The first kappa shape index (κ1) is 20.9. The van der Waals surface area contributed by atoms with Crippen LogP contribution in [0.4, 0.5) is 24.7 Å². The van der Waals surface area contributed by atoms with Gasteiger partial charge in [-0.25, -0.2) is 4.98 Å². The molecule has 1 N–H and O–H groups in total. The lowest BCUT2D eigenvalue weighted by Gasteiger charge is -2.35. The molecule has 0 aliphatic carbocycles. The second kappa shape index (κ2) is 8.28. The number of carbonyl (C=O) groups is 2. The molecule has 29 heavy (non-hydrogen) atoms. The molecule has 1 aromatic heterocycles. The minimum absolute atomic E-state index is 0.0758. The molecule has 1 aliphatic heterocycles. The largest absolute Gasteiger partial charge is 0.417 e. The van der Waals surface area contributed by atoms with E-state index in [4.69, 9.17) is 11.6 Å². The highest BCUT2D eigenvalue weighted by Crippen LogP contribution is 2.33. The molecule has 1 saturated heterocycles. The van der Waals surface area contributed by atoms with E-state index in [9.17, 15) is 22.8 Å². The van der Waals surface area contributed by atoms with Crippen molar-refractivity contribution in [3.63, 3.8) is 0 Å². The number of benzene rings is 1. The van der Waals surface area contributed by atoms with Crippen LogP contribution < -0.4 is 10.2 Å². The number of halogens is 4. The molecule has 0 atom stereocenters. The predicted molar refractivity (Wildman–Crippen MR) is 103 cm³/mol. The van der Waals surface area contributed by atoms with Gasteiger partial charge in [-0.3, -0.25) is 9.59 Å². The fraction of sp³-hybridized carbons (Fsp3) is 0.316. The van der Waals surface area contributed by atoms with E-state index >= 15 is 0 Å². The number of hydrogen-bond acceptors (Lipinski definition) is 4. The van der Waals surface area contributed by atoms with Crippen LogP contribution in [-0.4, -0.2) is 47.9 Å². The van der Waals surface area contributed by atoms with Gasteiger partial charge in [-0.15, -0.1) is 0 Å². The third kappa shape index (κ3) is 4.97. The number of anilines is 2. The number of amides is 2. The topological polar surface area (TPSA) is 65.5 Å². The first-order valence-corrected chi connectivity index (χ1v) is 9.17. The van der Waals surface area contributed by atoms with Crippen LogP contribution in [0.25, 0.3) is 0 Å². The first-order valence-electron chi connectivity index (χ1n) is 8.80. The van der Waals surface area contributed by atoms with Crippen molar-refractivity contribution in [3.05, 3.63) is 52.7 Å². The Morgan fingerprint density at radius 1 is 1.10 bits per heavy atom. The molecule has 1 aromatic carbocycles. The van der Waals surface area contributed by atoms with Crippen molar-refractivity contribution in [2.24, 2.45) is 0 Å². The Hall–Kier alpha value is -2.81. The SMILES string of the molecule is CC(=O)Nc1ccc(C(=O)N2CCN(c3ncc(C(F)(F)F)cc3Cl)CC2)cc1. The summed E-state index contributed by atoms with van der Waals surface area (Å²) in [5.41, 5.74) is 0.183. The van der Waals surface area contributed by atoms with E-state index in [1.54, 1.807) is 34.1 Å². The normalized spacial score (nSPS) is 14.7. The molecule has 0 spiro atoms. The Labute approximate surface area is 170 Å². The van der Waals surface area contributed by atoms with Gasteiger partial charge in [0.05, 0.1) is 10.6 Å². The molecule has 0 bridgehead atoms. The van der Waals surface area contributed by atoms with Crippen LogP contribution in [-0.2, 0) is 11.0 Å². The Bertz CT molecular complexity index is 911. The van der Waals surface area contributed by atoms with Crippen LogP contribution in [0.2, 0.25) is 5.02 Å². The van der Waals surface area contributed by atoms with Crippen LogP contribution in [0.3, 0.4) is 0 Å². The highest BCUT2D eigenvalue weighted by molar-refractivity contribution is 6.33. The second-order valence-electron chi connectivity index (χ2n) is 6.56. The van der Waals surface area contributed by atoms with Gasteiger partial charge in [0, 0.05) is 50.6 Å². The summed E-state index contributed by atoms with van der Waals surface area (Å²) in [5.74, 6) is -0.0901. The van der Waals surface area contributed by atoms with Gasteiger partial charge >= 0.3 is 6.18 Å². The number of piperazine rings is 1. The van der Waals surface area contributed by atoms with E-state index in [0.29, 0.717) is 37.4 Å². The number of nitrogens with one attached hydrogen (secondary N) is 1. The Balaban J connectivity index is 1.63. The fourth-order valence-corrected chi connectivity index (χ4v) is 3.31. The van der Waals surface area contributed by atoms with E-state index in [0.717, 1.165) is 12.3 Å². The lowest BCUT2D eigenvalue weighted by Crippen LogP contribution is -2.49. The molecule has 1 aliphatic rings. The third-order valence-corrected chi connectivity index (χ3v) is 4.75. The van der Waals surface area contributed by atoms with E-state index in [2.05, 4.69) is 10.3 Å². The second-order valence-corrected chi connectivity index (χ2v) is 6.97. The smallest absolute Gasteiger partial charge is 0.352 e. The number of hydrogen-bond donors (Lipinski definition) is 1. The number of aromatic nitrogens is 1. The molecule has 2 amide bonds. The predicted octanol–water partition coefficient (Wildman–Crippen LogP) is 3.67. The average molecular weight is 427 g/mol. The van der Waals surface area contributed by atoms with Crippen molar-refractivity contribution in [2.75, 3.05) is 36.4 Å². The number of carbonyl (C=O) groups excluding carboxylic acids is 2. The fourth-order valence-electron chi connectivity index (χ4n) is 3.02. The minimum Gasteiger partial charge on any atom is -0.352 e. The van der Waals surface area contributed by atoms with Gasteiger partial charge in [-0.1, -0.05) is 11.6 Å². The molecule has 3 rings (SSSR count). The molecule has 2 heterocycles. The molecular formula is C19H18ClF3N4O2. The Kier molecular flexibility index (Phi) is 5.97. The van der Waals surface area contributed by atoms with Gasteiger partial charge in [-0.05, 0) is 30.3 Å². The molecule has 6 nitrogen and oxygen atoms in total. The van der Waals surface area contributed by atoms with E-state index in [1.165, 1.54) is 6.92 Å². The summed E-state index contributed by atoms with van der Waals surface area (Å²) in [6, 6.07) is 7.42. The molecule has 10 heteroatoms. The summed E-state index contributed by atoms with van der Waals surface area (Å²) < 4.78 is 38.3. The maximum Gasteiger partial charge on any atom is 0.417 e. The standard InChI is InChI=1S/C19H18ClF3N4O2/c1-12(28)25-15-4-2-13(3-5-15)18(29)27-8-6-26(7-9-27)17-16(20)10-14(11-24-17)19(21,22)23/h2-5,10-11H,6-9H2,1H3,(H,25,28). The van der Waals surface area contributed by atoms with Crippen LogP contribution in [0, 0.1) is 0 Å². The zero-order valence-electron chi connectivity index (χ0n) is 15.5. The van der Waals surface area contributed by atoms with Crippen molar-refractivity contribution in [1.82, 2.24) is 9.88 Å². The van der Waals surface area contributed by atoms with Crippen molar-refractivity contribution in [2.45, 2.75) is 13.1 Å². The summed E-state index contributed by atoms with van der Waals surface area (Å²) in [4.78, 5) is 31.0. The lowest BCUT2D eigenvalue weighted by atomic mass is 10.1. The van der Waals surface area contributed by atoms with Crippen LogP contribution in [0.1, 0.15) is 22.8 Å². The highest BCUT2D eigenvalue weighted by atomic mass is 35.5. The van der Waals surface area contributed by atoms with Gasteiger partial charge in [-0.2, -0.15) is 13.2 Å². The quantitative estimate of drug-likeness (QED) is 0.813. The number of nitrogens with zero attached hydrogens (tertiary/aromatic N) is 3. The number of rotatable bonds is 3. The monoisotopic (exact) mass is 426 g/mol. The van der Waals surface area contributed by atoms with Crippen molar-refractivity contribution >= 4 is 34.9 Å². The lowest BCUT2D eigenvalue weighted by molar-refractivity contribution is -0.137. The van der Waals surface area contributed by atoms with Crippen LogP contribution in [0.15, 0.2) is 36.5 Å². The maximum absolute atomic E-state index is 12.8. The Morgan fingerprint density at radius 2 is 1.72 bits per heavy atom. The van der Waals surface area contributed by atoms with E-state index in [1.807, 2.05) is 0 Å². The van der Waals surface area contributed by atoms with Crippen LogP contribution >= 0.6 is 11.6 Å². The van der Waals surface area contributed by atoms with Crippen LogP contribution in [0.5, 0.6) is 0 Å². The molecule has 0 saturated carbocycles. The number of pyridine rings is 1. The molecule has 2 aromatic rings. The van der Waals surface area contributed by atoms with Crippen molar-refractivity contribution < 1.29 is 22.8 Å². The van der Waals surface area contributed by atoms with Gasteiger partial charge in [0.15, 0.2) is 0 Å². The van der Waals surface area contributed by atoms with Gasteiger partial charge in [0.25, 0.3) is 5.91 Å². The zero-order chi connectivity index (χ0) is 21.2. The molecule has 0 radical (unpaired) electrons. The summed E-state index contributed by atoms with van der Waals surface area (Å²) in [6.45, 7) is 2.95. The molecule has 154 valence electrons. The summed E-state index contributed by atoms with van der Waals surface area (Å²) >= 11 is 6.00. The summed E-state index contributed by atoms with van der Waals surface area (Å²) in [5, 5.41) is 2.56. The van der Waals surface area contributed by atoms with Crippen molar-refractivity contribution in [1.29, 1.82) is 0 Å². The molecular weight excluding hydrogens is 409 g/mol. The zero-order valence-corrected chi connectivity index (χ0v) is 16.2. The Morgan fingerprint density at radius 3 is 2.24 bits per heavy atom. The summed E-state index contributed by atoms with van der Waals surface area (Å²) in [7, 11) is 0. The molecule has 1 fully saturated rings. The maximum atomic E-state index is 12.8. The third-order valence-electron chi connectivity index (χ3n) is 4.47. The molecule has 0 unspecified atom stereocenters. The minimum atomic E-state index is -4.50. The van der Waals surface area contributed by atoms with Gasteiger partial charge in [0.2, 0.25) is 5.91 Å². The number of alkyl halides is 3. The van der Waals surface area contributed by atoms with E-state index < -0.39 is 11.7 Å². The highest BCUT2D eigenvalue weighted by Gasteiger charge is 2.32. The average Bonchev–Trinajstić information content (AvgIpc) is 2.67. The first-order chi connectivity index (χ1) is 13.6. The summed E-state index contributed by atoms with van der Waals surface area (Å²) in [6.07, 6.45) is -3.74. The van der Waals surface area contributed by atoms with Crippen molar-refractivity contribution in [3.8, 4) is 0 Å². The van der Waals surface area contributed by atoms with Gasteiger partial charge < -0.3 is 15.1 Å². The van der Waals surface area contributed by atoms with Gasteiger partial charge in [0.1, 0.15) is 5.82 Å².